The summed E-state index contributed by atoms with van der Waals surface area (Å²) in [7, 11) is 1.73. The first-order chi connectivity index (χ1) is 15.1. The molecule has 1 unspecified atom stereocenters. The molecule has 31 heavy (non-hydrogen) atoms. The summed E-state index contributed by atoms with van der Waals surface area (Å²) in [4.78, 5) is 19.8. The summed E-state index contributed by atoms with van der Waals surface area (Å²) in [5.41, 5.74) is 4.41. The first-order valence-corrected chi connectivity index (χ1v) is 10.7. The Balaban J connectivity index is 1.54. The van der Waals surface area contributed by atoms with Gasteiger partial charge in [-0.05, 0) is 50.5 Å². The van der Waals surface area contributed by atoms with E-state index in [1.54, 1.807) is 11.6 Å². The van der Waals surface area contributed by atoms with Crippen molar-refractivity contribution in [2.24, 2.45) is 7.05 Å². The summed E-state index contributed by atoms with van der Waals surface area (Å²) >= 11 is 0. The van der Waals surface area contributed by atoms with Gasteiger partial charge in [0.05, 0.1) is 11.2 Å². The SMILES string of the molecule is Cc1ccc2c(c1)c(N1CCCC(c3nc4ccccc4o3)CC1)c(C#N)c(=O)n2C. The molecule has 0 amide bonds. The molecule has 5 rings (SSSR count). The number of pyridine rings is 1. The average molecular weight is 412 g/mol. The van der Waals surface area contributed by atoms with Gasteiger partial charge in [-0.2, -0.15) is 5.26 Å². The van der Waals surface area contributed by atoms with Crippen molar-refractivity contribution in [2.45, 2.75) is 32.1 Å². The second kappa shape index (κ2) is 7.59. The fraction of sp³-hybridized carbons (Fsp3) is 0.320. The molecule has 1 saturated heterocycles. The highest BCUT2D eigenvalue weighted by Gasteiger charge is 2.26. The predicted molar refractivity (Wildman–Crippen MR) is 121 cm³/mol. The van der Waals surface area contributed by atoms with Crippen LogP contribution in [0.2, 0.25) is 0 Å². The Bertz CT molecular complexity index is 1360. The number of rotatable bonds is 2. The number of benzene rings is 2. The Morgan fingerprint density at radius 3 is 2.81 bits per heavy atom. The standard InChI is InChI=1S/C25H24N4O2/c1-16-9-10-21-18(14-16)23(19(15-26)25(30)28(21)2)29-12-5-6-17(11-13-29)24-27-20-7-3-4-8-22(20)31-24/h3-4,7-10,14,17H,5-6,11-13H2,1-2H3. The zero-order chi connectivity index (χ0) is 21.5. The van der Waals surface area contributed by atoms with Gasteiger partial charge < -0.3 is 13.9 Å². The molecule has 6 nitrogen and oxygen atoms in total. The molecule has 0 aliphatic carbocycles. The lowest BCUT2D eigenvalue weighted by Crippen LogP contribution is -2.30. The Morgan fingerprint density at radius 1 is 1.16 bits per heavy atom. The molecule has 6 heteroatoms. The van der Waals surface area contributed by atoms with Crippen molar-refractivity contribution < 1.29 is 4.42 Å². The van der Waals surface area contributed by atoms with E-state index in [9.17, 15) is 10.1 Å². The number of aromatic nitrogens is 2. The molecule has 1 aliphatic heterocycles. The molecule has 2 aromatic carbocycles. The summed E-state index contributed by atoms with van der Waals surface area (Å²) in [6, 6.07) is 16.1. The van der Waals surface area contributed by atoms with Crippen molar-refractivity contribution >= 4 is 27.7 Å². The quantitative estimate of drug-likeness (QED) is 0.480. The van der Waals surface area contributed by atoms with Gasteiger partial charge in [0.25, 0.3) is 5.56 Å². The maximum atomic E-state index is 12.9. The minimum Gasteiger partial charge on any atom is -0.440 e. The van der Waals surface area contributed by atoms with Crippen LogP contribution in [0.15, 0.2) is 51.7 Å². The van der Waals surface area contributed by atoms with E-state index < -0.39 is 0 Å². The molecule has 1 fully saturated rings. The monoisotopic (exact) mass is 412 g/mol. The molecule has 0 N–H and O–H groups in total. The minimum absolute atomic E-state index is 0.223. The second-order valence-corrected chi connectivity index (χ2v) is 8.35. The lowest BCUT2D eigenvalue weighted by Gasteiger charge is -2.26. The van der Waals surface area contributed by atoms with Crippen molar-refractivity contribution in [1.29, 1.82) is 5.26 Å². The molecule has 0 spiro atoms. The number of para-hydroxylation sites is 2. The number of nitrogens with zero attached hydrogens (tertiary/aromatic N) is 4. The maximum Gasteiger partial charge on any atom is 0.270 e. The van der Waals surface area contributed by atoms with Gasteiger partial charge in [-0.15, -0.1) is 0 Å². The third-order valence-corrected chi connectivity index (χ3v) is 6.34. The van der Waals surface area contributed by atoms with Crippen LogP contribution in [-0.4, -0.2) is 22.6 Å². The van der Waals surface area contributed by atoms with Crippen LogP contribution in [0.25, 0.3) is 22.0 Å². The van der Waals surface area contributed by atoms with Crippen molar-refractivity contribution in [3.63, 3.8) is 0 Å². The number of aryl methyl sites for hydroxylation is 2. The number of hydrogen-bond acceptors (Lipinski definition) is 5. The normalized spacial score (nSPS) is 17.1. The second-order valence-electron chi connectivity index (χ2n) is 8.35. The molecular weight excluding hydrogens is 388 g/mol. The molecular formula is C25H24N4O2. The summed E-state index contributed by atoms with van der Waals surface area (Å²) in [6.07, 6.45) is 2.77. The van der Waals surface area contributed by atoms with E-state index >= 15 is 0 Å². The number of anilines is 1. The number of fused-ring (bicyclic) bond motifs is 2. The van der Waals surface area contributed by atoms with Gasteiger partial charge in [-0.3, -0.25) is 4.79 Å². The van der Waals surface area contributed by atoms with Crippen molar-refractivity contribution in [3.8, 4) is 6.07 Å². The maximum absolute atomic E-state index is 12.9. The lowest BCUT2D eigenvalue weighted by molar-refractivity contribution is 0.445. The third kappa shape index (κ3) is 3.27. The highest BCUT2D eigenvalue weighted by molar-refractivity contribution is 5.95. The highest BCUT2D eigenvalue weighted by Crippen LogP contribution is 2.35. The molecule has 3 heterocycles. The van der Waals surface area contributed by atoms with E-state index in [2.05, 4.69) is 17.0 Å². The highest BCUT2D eigenvalue weighted by atomic mass is 16.3. The summed E-state index contributed by atoms with van der Waals surface area (Å²) in [5.74, 6) is 1.01. The van der Waals surface area contributed by atoms with Gasteiger partial charge in [0, 0.05) is 31.4 Å². The van der Waals surface area contributed by atoms with E-state index in [0.717, 1.165) is 71.5 Å². The molecule has 2 aromatic heterocycles. The zero-order valence-electron chi connectivity index (χ0n) is 17.8. The Morgan fingerprint density at radius 2 is 2.00 bits per heavy atom. The van der Waals surface area contributed by atoms with Crippen LogP contribution < -0.4 is 10.5 Å². The van der Waals surface area contributed by atoms with Crippen LogP contribution in [0.3, 0.4) is 0 Å². The lowest BCUT2D eigenvalue weighted by atomic mass is 10.0. The van der Waals surface area contributed by atoms with E-state index in [-0.39, 0.29) is 17.0 Å². The molecule has 4 aromatic rings. The minimum atomic E-state index is -0.242. The van der Waals surface area contributed by atoms with E-state index in [1.165, 1.54) is 0 Å². The Kier molecular flexibility index (Phi) is 4.74. The topological polar surface area (TPSA) is 75.1 Å². The Hall–Kier alpha value is -3.59. The smallest absolute Gasteiger partial charge is 0.270 e. The molecule has 0 radical (unpaired) electrons. The third-order valence-electron chi connectivity index (χ3n) is 6.34. The van der Waals surface area contributed by atoms with Gasteiger partial charge >= 0.3 is 0 Å². The van der Waals surface area contributed by atoms with Crippen LogP contribution in [0.4, 0.5) is 5.69 Å². The van der Waals surface area contributed by atoms with Crippen LogP contribution in [0.5, 0.6) is 0 Å². The molecule has 1 aliphatic rings. The summed E-state index contributed by atoms with van der Waals surface area (Å²) < 4.78 is 7.61. The summed E-state index contributed by atoms with van der Waals surface area (Å²) in [6.45, 7) is 3.57. The Labute approximate surface area is 180 Å². The van der Waals surface area contributed by atoms with E-state index in [4.69, 9.17) is 9.40 Å². The van der Waals surface area contributed by atoms with Gasteiger partial charge in [0.2, 0.25) is 0 Å². The fourth-order valence-electron chi connectivity index (χ4n) is 4.71. The number of hydrogen-bond donors (Lipinski definition) is 0. The summed E-state index contributed by atoms with van der Waals surface area (Å²) in [5, 5.41) is 10.8. The van der Waals surface area contributed by atoms with Crippen molar-refractivity contribution in [1.82, 2.24) is 9.55 Å². The molecule has 1 atom stereocenters. The molecule has 0 bridgehead atoms. The first-order valence-electron chi connectivity index (χ1n) is 10.7. The first kappa shape index (κ1) is 19.4. The molecule has 0 saturated carbocycles. The van der Waals surface area contributed by atoms with Crippen LogP contribution in [0, 0.1) is 18.3 Å². The van der Waals surface area contributed by atoms with Crippen molar-refractivity contribution in [2.75, 3.05) is 18.0 Å². The van der Waals surface area contributed by atoms with Crippen LogP contribution >= 0.6 is 0 Å². The van der Waals surface area contributed by atoms with E-state index in [0.29, 0.717) is 0 Å². The number of oxazole rings is 1. The number of nitriles is 1. The fourth-order valence-corrected chi connectivity index (χ4v) is 4.71. The van der Waals surface area contributed by atoms with Crippen LogP contribution in [-0.2, 0) is 7.05 Å². The average Bonchev–Trinajstić information content (AvgIpc) is 3.06. The zero-order valence-corrected chi connectivity index (χ0v) is 17.8. The van der Waals surface area contributed by atoms with Crippen molar-refractivity contribution in [3.05, 3.63) is 69.8 Å². The van der Waals surface area contributed by atoms with Gasteiger partial charge in [0.1, 0.15) is 17.1 Å². The van der Waals surface area contributed by atoms with E-state index in [1.807, 2.05) is 43.3 Å². The van der Waals surface area contributed by atoms with Crippen LogP contribution in [0.1, 0.15) is 42.2 Å². The van der Waals surface area contributed by atoms with Gasteiger partial charge in [-0.25, -0.2) is 4.98 Å². The largest absolute Gasteiger partial charge is 0.440 e. The van der Waals surface area contributed by atoms with Gasteiger partial charge in [0.15, 0.2) is 11.5 Å². The van der Waals surface area contributed by atoms with Gasteiger partial charge in [-0.1, -0.05) is 23.8 Å². The predicted octanol–water partition coefficient (Wildman–Crippen LogP) is 4.63. The molecule has 156 valence electrons.